The van der Waals surface area contributed by atoms with Gasteiger partial charge < -0.3 is 20.1 Å². The average Bonchev–Trinajstić information content (AvgIpc) is 3.14. The Labute approximate surface area is 152 Å². The maximum absolute atomic E-state index is 12.0. The van der Waals surface area contributed by atoms with Gasteiger partial charge in [-0.2, -0.15) is 0 Å². The molecule has 5 nitrogen and oxygen atoms in total. The number of ether oxygens (including phenoxy) is 2. The minimum absolute atomic E-state index is 0.122. The maximum Gasteiger partial charge on any atom is 0.243 e. The lowest BCUT2D eigenvalue weighted by molar-refractivity contribution is -0.114. The third-order valence-corrected chi connectivity index (χ3v) is 4.15. The van der Waals surface area contributed by atoms with E-state index >= 15 is 0 Å². The number of carbonyl (C=O) groups excluding carboxylic acids is 1. The largest absolute Gasteiger partial charge is 0.491 e. The summed E-state index contributed by atoms with van der Waals surface area (Å²) >= 11 is 5.83. The number of amides is 1. The zero-order valence-electron chi connectivity index (χ0n) is 13.8. The van der Waals surface area contributed by atoms with Crippen molar-refractivity contribution in [3.8, 4) is 5.75 Å². The molecule has 0 bridgehead atoms. The van der Waals surface area contributed by atoms with E-state index in [2.05, 4.69) is 10.6 Å². The lowest BCUT2D eigenvalue weighted by atomic mass is 10.2. The number of halogens is 1. The van der Waals surface area contributed by atoms with Gasteiger partial charge in [0.1, 0.15) is 12.4 Å². The fraction of sp³-hybridized carbons (Fsp3) is 0.316. The smallest absolute Gasteiger partial charge is 0.243 e. The molecule has 1 unspecified atom stereocenters. The van der Waals surface area contributed by atoms with Gasteiger partial charge in [-0.25, -0.2) is 0 Å². The number of hydrogen-bond donors (Lipinski definition) is 2. The van der Waals surface area contributed by atoms with Crippen molar-refractivity contribution in [1.82, 2.24) is 0 Å². The Kier molecular flexibility index (Phi) is 6.14. The fourth-order valence-corrected chi connectivity index (χ4v) is 2.68. The van der Waals surface area contributed by atoms with Gasteiger partial charge in [-0.05, 0) is 61.4 Å². The summed E-state index contributed by atoms with van der Waals surface area (Å²) in [5, 5.41) is 6.55. The van der Waals surface area contributed by atoms with Crippen LogP contribution in [0.5, 0.6) is 5.75 Å². The normalized spacial score (nSPS) is 16.4. The summed E-state index contributed by atoms with van der Waals surface area (Å²) in [6, 6.07) is 14.5. The lowest BCUT2D eigenvalue weighted by Gasteiger charge is -2.12. The van der Waals surface area contributed by atoms with Crippen LogP contribution in [0.15, 0.2) is 48.5 Å². The molecule has 0 aromatic heterocycles. The van der Waals surface area contributed by atoms with E-state index in [0.717, 1.165) is 36.6 Å². The van der Waals surface area contributed by atoms with Crippen LogP contribution in [0, 0.1) is 0 Å². The van der Waals surface area contributed by atoms with Crippen molar-refractivity contribution in [2.24, 2.45) is 0 Å². The first-order valence-electron chi connectivity index (χ1n) is 8.33. The first-order valence-corrected chi connectivity index (χ1v) is 8.70. The van der Waals surface area contributed by atoms with Crippen LogP contribution in [0.4, 0.5) is 11.4 Å². The molecule has 2 aromatic rings. The molecule has 1 aliphatic heterocycles. The van der Waals surface area contributed by atoms with Gasteiger partial charge in [0.15, 0.2) is 0 Å². The Morgan fingerprint density at radius 1 is 1.12 bits per heavy atom. The molecule has 0 radical (unpaired) electrons. The average molecular weight is 361 g/mol. The van der Waals surface area contributed by atoms with Gasteiger partial charge in [0, 0.05) is 23.0 Å². The number of carbonyl (C=O) groups is 1. The monoisotopic (exact) mass is 360 g/mol. The van der Waals surface area contributed by atoms with Crippen LogP contribution in [-0.4, -0.2) is 31.8 Å². The molecule has 25 heavy (non-hydrogen) atoms. The van der Waals surface area contributed by atoms with E-state index in [1.165, 1.54) is 0 Å². The lowest BCUT2D eigenvalue weighted by Crippen LogP contribution is -2.21. The van der Waals surface area contributed by atoms with E-state index in [1.54, 1.807) is 12.1 Å². The zero-order valence-corrected chi connectivity index (χ0v) is 14.6. The van der Waals surface area contributed by atoms with Crippen molar-refractivity contribution in [3.05, 3.63) is 53.6 Å². The Morgan fingerprint density at radius 2 is 1.84 bits per heavy atom. The standard InChI is InChI=1S/C19H21ClN2O3/c20-14-3-5-15(6-4-14)21-12-19(23)22-16-7-9-17(10-8-16)25-13-18-2-1-11-24-18/h3-10,18,21H,1-2,11-13H2,(H,22,23). The zero-order chi connectivity index (χ0) is 17.5. The SMILES string of the molecule is O=C(CNc1ccc(Cl)cc1)Nc1ccc(OCC2CCCO2)cc1. The molecule has 1 amide bonds. The van der Waals surface area contributed by atoms with Crippen LogP contribution >= 0.6 is 11.6 Å². The molecular weight excluding hydrogens is 340 g/mol. The van der Waals surface area contributed by atoms with Crippen LogP contribution in [0.3, 0.4) is 0 Å². The van der Waals surface area contributed by atoms with Gasteiger partial charge in [-0.1, -0.05) is 11.6 Å². The van der Waals surface area contributed by atoms with Crippen LogP contribution in [-0.2, 0) is 9.53 Å². The summed E-state index contributed by atoms with van der Waals surface area (Å²) in [5.74, 6) is 0.649. The van der Waals surface area contributed by atoms with Crippen LogP contribution in [0.2, 0.25) is 5.02 Å². The van der Waals surface area contributed by atoms with Crippen LogP contribution < -0.4 is 15.4 Å². The summed E-state index contributed by atoms with van der Waals surface area (Å²) in [7, 11) is 0. The first kappa shape index (κ1) is 17.6. The number of anilines is 2. The third-order valence-electron chi connectivity index (χ3n) is 3.90. The molecule has 2 aromatic carbocycles. The molecule has 1 fully saturated rings. The molecule has 6 heteroatoms. The molecule has 0 saturated carbocycles. The predicted octanol–water partition coefficient (Wildman–Crippen LogP) is 3.95. The van der Waals surface area contributed by atoms with E-state index in [-0.39, 0.29) is 18.6 Å². The highest BCUT2D eigenvalue weighted by atomic mass is 35.5. The second-order valence-corrected chi connectivity index (χ2v) is 6.32. The summed E-state index contributed by atoms with van der Waals surface area (Å²) < 4.78 is 11.2. The minimum atomic E-state index is -0.122. The summed E-state index contributed by atoms with van der Waals surface area (Å²) in [6.07, 6.45) is 2.34. The highest BCUT2D eigenvalue weighted by Gasteiger charge is 2.15. The second-order valence-electron chi connectivity index (χ2n) is 5.88. The minimum Gasteiger partial charge on any atom is -0.491 e. The van der Waals surface area contributed by atoms with Crippen molar-refractivity contribution >= 4 is 28.9 Å². The molecule has 0 aliphatic carbocycles. The Bertz CT molecular complexity index is 683. The van der Waals surface area contributed by atoms with E-state index in [9.17, 15) is 4.79 Å². The molecule has 1 aliphatic rings. The molecule has 3 rings (SSSR count). The van der Waals surface area contributed by atoms with Gasteiger partial charge >= 0.3 is 0 Å². The van der Waals surface area contributed by atoms with Crippen molar-refractivity contribution < 1.29 is 14.3 Å². The first-order chi connectivity index (χ1) is 12.2. The topological polar surface area (TPSA) is 59.6 Å². The van der Waals surface area contributed by atoms with Gasteiger partial charge in [-0.3, -0.25) is 4.79 Å². The van der Waals surface area contributed by atoms with Crippen molar-refractivity contribution in [2.45, 2.75) is 18.9 Å². The van der Waals surface area contributed by atoms with Gasteiger partial charge in [-0.15, -0.1) is 0 Å². The number of hydrogen-bond acceptors (Lipinski definition) is 4. The Balaban J connectivity index is 1.42. The summed E-state index contributed by atoms with van der Waals surface area (Å²) in [5.41, 5.74) is 1.57. The van der Waals surface area contributed by atoms with E-state index in [0.29, 0.717) is 11.6 Å². The van der Waals surface area contributed by atoms with Crippen molar-refractivity contribution in [1.29, 1.82) is 0 Å². The maximum atomic E-state index is 12.0. The third kappa shape index (κ3) is 5.66. The van der Waals surface area contributed by atoms with Crippen molar-refractivity contribution in [3.63, 3.8) is 0 Å². The Hall–Kier alpha value is -2.24. The molecule has 1 heterocycles. The molecule has 1 atom stereocenters. The molecular formula is C19H21ClN2O3. The summed E-state index contributed by atoms with van der Waals surface area (Å²) in [6.45, 7) is 1.57. The highest BCUT2D eigenvalue weighted by Crippen LogP contribution is 2.18. The predicted molar refractivity (Wildman–Crippen MR) is 99.5 cm³/mol. The van der Waals surface area contributed by atoms with Crippen LogP contribution in [0.1, 0.15) is 12.8 Å². The summed E-state index contributed by atoms with van der Waals surface area (Å²) in [4.78, 5) is 12.0. The van der Waals surface area contributed by atoms with E-state index in [4.69, 9.17) is 21.1 Å². The Morgan fingerprint density at radius 3 is 2.52 bits per heavy atom. The molecule has 1 saturated heterocycles. The van der Waals surface area contributed by atoms with Gasteiger partial charge in [0.25, 0.3) is 0 Å². The van der Waals surface area contributed by atoms with Gasteiger partial charge in [0.2, 0.25) is 5.91 Å². The van der Waals surface area contributed by atoms with Crippen LogP contribution in [0.25, 0.3) is 0 Å². The number of nitrogens with one attached hydrogen (secondary N) is 2. The number of benzene rings is 2. The second kappa shape index (κ2) is 8.74. The molecule has 2 N–H and O–H groups in total. The number of rotatable bonds is 7. The quantitative estimate of drug-likeness (QED) is 0.785. The van der Waals surface area contributed by atoms with E-state index < -0.39 is 0 Å². The highest BCUT2D eigenvalue weighted by molar-refractivity contribution is 6.30. The van der Waals surface area contributed by atoms with Gasteiger partial charge in [0.05, 0.1) is 12.6 Å². The molecule has 0 spiro atoms. The van der Waals surface area contributed by atoms with E-state index in [1.807, 2.05) is 36.4 Å². The van der Waals surface area contributed by atoms with Crippen molar-refractivity contribution in [2.75, 3.05) is 30.4 Å². The fourth-order valence-electron chi connectivity index (χ4n) is 2.55. The molecule has 132 valence electrons.